The first-order chi connectivity index (χ1) is 15.0. The summed E-state index contributed by atoms with van der Waals surface area (Å²) in [5.41, 5.74) is 3.09. The van der Waals surface area contributed by atoms with E-state index in [9.17, 15) is 9.59 Å². The van der Waals surface area contributed by atoms with Gasteiger partial charge in [0.25, 0.3) is 0 Å². The van der Waals surface area contributed by atoms with Crippen molar-refractivity contribution in [1.82, 2.24) is 14.3 Å². The number of rotatable bonds is 5. The Kier molecular flexibility index (Phi) is 4.60. The van der Waals surface area contributed by atoms with Crippen LogP contribution >= 0.6 is 0 Å². The fourth-order valence-corrected chi connectivity index (χ4v) is 4.15. The second-order valence-corrected chi connectivity index (χ2v) is 7.94. The van der Waals surface area contributed by atoms with Crippen LogP contribution in [0.15, 0.2) is 79.1 Å². The van der Waals surface area contributed by atoms with E-state index in [0.29, 0.717) is 16.8 Å². The number of likely N-dealkylation sites (N-methyl/N-ethyl adjacent to an activating group) is 1. The molecule has 2 heterocycles. The average Bonchev–Trinajstić information content (AvgIpc) is 3.18. The van der Waals surface area contributed by atoms with Crippen LogP contribution in [0.4, 0.5) is 0 Å². The molecule has 0 amide bonds. The second kappa shape index (κ2) is 7.45. The molecule has 5 rings (SSSR count). The Bertz CT molecular complexity index is 1480. The van der Waals surface area contributed by atoms with E-state index in [2.05, 4.69) is 4.98 Å². The molecule has 0 radical (unpaired) electrons. The Morgan fingerprint density at radius 2 is 1.58 bits per heavy atom. The summed E-state index contributed by atoms with van der Waals surface area (Å²) in [5.74, 6) is -0.163. The van der Waals surface area contributed by atoms with Gasteiger partial charge in [0.05, 0.1) is 23.3 Å². The molecule has 31 heavy (non-hydrogen) atoms. The zero-order chi connectivity index (χ0) is 21.5. The molecule has 5 heteroatoms. The van der Waals surface area contributed by atoms with Gasteiger partial charge in [-0.3, -0.25) is 14.0 Å². The van der Waals surface area contributed by atoms with Crippen molar-refractivity contribution in [3.63, 3.8) is 0 Å². The van der Waals surface area contributed by atoms with E-state index < -0.39 is 0 Å². The average molecular weight is 407 g/mol. The summed E-state index contributed by atoms with van der Waals surface area (Å²) < 4.78 is 1.76. The molecule has 0 unspecified atom stereocenters. The molecule has 0 fully saturated rings. The van der Waals surface area contributed by atoms with Gasteiger partial charge in [-0.05, 0) is 37.0 Å². The molecular weight excluding hydrogens is 386 g/mol. The SMILES string of the molecule is CN(C)CC(=O)c1cc(C(=O)c2cccc3ccccc23)n2cnc3ccccc3c12. The van der Waals surface area contributed by atoms with Crippen molar-refractivity contribution in [3.05, 3.63) is 95.9 Å². The summed E-state index contributed by atoms with van der Waals surface area (Å²) in [6.07, 6.45) is 1.64. The number of benzene rings is 3. The number of aromatic nitrogens is 2. The van der Waals surface area contributed by atoms with Crippen LogP contribution in [-0.4, -0.2) is 46.5 Å². The predicted molar refractivity (Wildman–Crippen MR) is 123 cm³/mol. The van der Waals surface area contributed by atoms with E-state index in [1.807, 2.05) is 85.7 Å². The monoisotopic (exact) mass is 407 g/mol. The molecule has 0 atom stereocenters. The van der Waals surface area contributed by atoms with Gasteiger partial charge < -0.3 is 4.90 Å². The summed E-state index contributed by atoms with van der Waals surface area (Å²) in [4.78, 5) is 33.2. The maximum Gasteiger partial charge on any atom is 0.210 e. The zero-order valence-corrected chi connectivity index (χ0v) is 17.4. The summed E-state index contributed by atoms with van der Waals surface area (Å²) in [6, 6.07) is 22.9. The molecule has 0 spiro atoms. The van der Waals surface area contributed by atoms with Gasteiger partial charge in [-0.15, -0.1) is 0 Å². The van der Waals surface area contributed by atoms with Gasteiger partial charge >= 0.3 is 0 Å². The Morgan fingerprint density at radius 3 is 2.39 bits per heavy atom. The molecule has 0 aliphatic heterocycles. The zero-order valence-electron chi connectivity index (χ0n) is 17.4. The molecule has 0 N–H and O–H groups in total. The smallest absolute Gasteiger partial charge is 0.210 e. The molecule has 0 aliphatic carbocycles. The van der Waals surface area contributed by atoms with Crippen molar-refractivity contribution in [3.8, 4) is 0 Å². The van der Waals surface area contributed by atoms with Gasteiger partial charge in [0.1, 0.15) is 6.33 Å². The van der Waals surface area contributed by atoms with E-state index in [1.54, 1.807) is 16.8 Å². The third kappa shape index (κ3) is 3.20. The number of hydrogen-bond donors (Lipinski definition) is 0. The summed E-state index contributed by atoms with van der Waals surface area (Å²) in [5, 5.41) is 2.74. The van der Waals surface area contributed by atoms with Gasteiger partial charge in [-0.2, -0.15) is 0 Å². The molecular formula is C26H21N3O2. The van der Waals surface area contributed by atoms with Crippen LogP contribution in [0.3, 0.4) is 0 Å². The minimum atomic E-state index is -0.132. The number of ketones is 2. The number of carbonyl (C=O) groups excluding carboxylic acids is 2. The lowest BCUT2D eigenvalue weighted by atomic mass is 9.99. The lowest BCUT2D eigenvalue weighted by molar-refractivity contribution is 0.0959. The Labute approximate surface area is 179 Å². The van der Waals surface area contributed by atoms with Crippen molar-refractivity contribution in [2.75, 3.05) is 20.6 Å². The summed E-state index contributed by atoms with van der Waals surface area (Å²) in [7, 11) is 3.72. The van der Waals surface area contributed by atoms with Gasteiger partial charge in [0.15, 0.2) is 5.78 Å². The van der Waals surface area contributed by atoms with Crippen LogP contribution in [-0.2, 0) is 0 Å². The first kappa shape index (κ1) is 19.2. The highest BCUT2D eigenvalue weighted by molar-refractivity contribution is 6.19. The van der Waals surface area contributed by atoms with Gasteiger partial charge in [0.2, 0.25) is 5.78 Å². The molecule has 2 aromatic heterocycles. The minimum absolute atomic E-state index is 0.0316. The van der Waals surface area contributed by atoms with Crippen LogP contribution in [0.1, 0.15) is 26.4 Å². The number of hydrogen-bond acceptors (Lipinski definition) is 4. The van der Waals surface area contributed by atoms with Crippen LogP contribution in [0.2, 0.25) is 0 Å². The highest BCUT2D eigenvalue weighted by atomic mass is 16.1. The number of carbonyl (C=O) groups is 2. The molecule has 5 nitrogen and oxygen atoms in total. The van der Waals surface area contributed by atoms with Crippen LogP contribution in [0.25, 0.3) is 27.2 Å². The molecule has 152 valence electrons. The van der Waals surface area contributed by atoms with E-state index in [0.717, 1.165) is 27.2 Å². The number of para-hydroxylation sites is 1. The highest BCUT2D eigenvalue weighted by Crippen LogP contribution is 2.28. The van der Waals surface area contributed by atoms with Crippen molar-refractivity contribution >= 4 is 38.8 Å². The highest BCUT2D eigenvalue weighted by Gasteiger charge is 2.23. The van der Waals surface area contributed by atoms with Crippen molar-refractivity contribution in [2.24, 2.45) is 0 Å². The second-order valence-electron chi connectivity index (χ2n) is 7.94. The first-order valence-corrected chi connectivity index (χ1v) is 10.1. The third-order valence-electron chi connectivity index (χ3n) is 5.54. The third-order valence-corrected chi connectivity index (χ3v) is 5.54. The van der Waals surface area contributed by atoms with Crippen LogP contribution in [0.5, 0.6) is 0 Å². The topological polar surface area (TPSA) is 54.7 Å². The summed E-state index contributed by atoms with van der Waals surface area (Å²) in [6.45, 7) is 0.262. The maximum atomic E-state index is 13.7. The molecule has 0 saturated carbocycles. The van der Waals surface area contributed by atoms with E-state index in [4.69, 9.17) is 0 Å². The largest absolute Gasteiger partial charge is 0.302 e. The number of nitrogens with zero attached hydrogens (tertiary/aromatic N) is 3. The van der Waals surface area contributed by atoms with Crippen molar-refractivity contribution < 1.29 is 9.59 Å². The quantitative estimate of drug-likeness (QED) is 0.399. The Morgan fingerprint density at radius 1 is 0.871 bits per heavy atom. The lowest BCUT2D eigenvalue weighted by Crippen LogP contribution is -2.21. The van der Waals surface area contributed by atoms with Crippen molar-refractivity contribution in [1.29, 1.82) is 0 Å². The fourth-order valence-electron chi connectivity index (χ4n) is 4.15. The van der Waals surface area contributed by atoms with E-state index in [-0.39, 0.29) is 18.1 Å². The van der Waals surface area contributed by atoms with Crippen molar-refractivity contribution in [2.45, 2.75) is 0 Å². The number of fused-ring (bicyclic) bond motifs is 4. The summed E-state index contributed by atoms with van der Waals surface area (Å²) >= 11 is 0. The Hall–Kier alpha value is -3.83. The number of Topliss-reactive ketones (excluding diaryl/α,β-unsaturated/α-hetero) is 1. The normalized spacial score (nSPS) is 11.6. The van der Waals surface area contributed by atoms with E-state index >= 15 is 0 Å². The molecule has 0 bridgehead atoms. The van der Waals surface area contributed by atoms with Gasteiger partial charge in [0, 0.05) is 16.5 Å². The molecule has 5 aromatic rings. The molecule has 3 aromatic carbocycles. The fraction of sp³-hybridized carbons (Fsp3) is 0.115. The first-order valence-electron chi connectivity index (χ1n) is 10.1. The van der Waals surface area contributed by atoms with Gasteiger partial charge in [-0.25, -0.2) is 4.98 Å². The van der Waals surface area contributed by atoms with Crippen LogP contribution < -0.4 is 0 Å². The van der Waals surface area contributed by atoms with E-state index in [1.165, 1.54) is 0 Å². The molecule has 0 saturated heterocycles. The van der Waals surface area contributed by atoms with Crippen LogP contribution in [0, 0.1) is 0 Å². The standard InChI is InChI=1S/C26H21N3O2/c1-28(2)15-24(30)21-14-23(29-16-27-22-13-6-5-11-20(22)25(21)29)26(31)19-12-7-9-17-8-3-4-10-18(17)19/h3-14,16H,15H2,1-2H3. The maximum absolute atomic E-state index is 13.7. The Balaban J connectivity index is 1.78. The van der Waals surface area contributed by atoms with Gasteiger partial charge in [-0.1, -0.05) is 60.7 Å². The predicted octanol–water partition coefficient (Wildman–Crippen LogP) is 4.62. The lowest BCUT2D eigenvalue weighted by Gasteiger charge is -2.09. The minimum Gasteiger partial charge on any atom is -0.302 e. The molecule has 0 aliphatic rings.